The molecule has 0 saturated carbocycles. The summed E-state index contributed by atoms with van der Waals surface area (Å²) in [4.78, 5) is 0. The van der Waals surface area contributed by atoms with Crippen molar-refractivity contribution in [2.24, 2.45) is 0 Å². The van der Waals surface area contributed by atoms with E-state index in [1.165, 1.54) is 0 Å². The maximum Gasteiger partial charge on any atom is 0.115 e. The highest BCUT2D eigenvalue weighted by molar-refractivity contribution is 5.15. The molecular weight excluding hydrogens is 404 g/mol. The van der Waals surface area contributed by atoms with E-state index in [0.29, 0.717) is 19.8 Å². The van der Waals surface area contributed by atoms with E-state index in [-0.39, 0.29) is 6.61 Å². The third kappa shape index (κ3) is 7.86. The molecule has 0 amide bonds. The highest BCUT2D eigenvalue weighted by atomic mass is 16.6. The molecule has 5 nitrogen and oxygen atoms in total. The molecule has 0 bridgehead atoms. The van der Waals surface area contributed by atoms with E-state index in [9.17, 15) is 10.2 Å². The average molecular weight is 437 g/mol. The van der Waals surface area contributed by atoms with Gasteiger partial charge in [-0.05, 0) is 23.6 Å². The van der Waals surface area contributed by atoms with Gasteiger partial charge >= 0.3 is 0 Å². The molecule has 0 unspecified atom stereocenters. The standard InChI is InChI=1S/C27H32O5/c1-21(28)26(31-18-23-13-7-3-8-14-23)27(32-19-24-15-9-4-10-16-24)25(29)20-30-17-22-11-5-2-6-12-22/h2-16,21,25-29H,17-20H2,1H3/t21-,25+,26+,27+/m0/s1. The Morgan fingerprint density at radius 3 is 1.44 bits per heavy atom. The summed E-state index contributed by atoms with van der Waals surface area (Å²) in [6.45, 7) is 2.68. The Hall–Kier alpha value is -2.54. The molecule has 0 aliphatic rings. The van der Waals surface area contributed by atoms with Gasteiger partial charge in [0.1, 0.15) is 18.3 Å². The zero-order chi connectivity index (χ0) is 22.6. The minimum Gasteiger partial charge on any atom is -0.391 e. The Kier molecular flexibility index (Phi) is 9.88. The Labute approximate surface area is 190 Å². The van der Waals surface area contributed by atoms with Gasteiger partial charge in [-0.1, -0.05) is 91.0 Å². The second kappa shape index (κ2) is 13.1. The Morgan fingerprint density at radius 1 is 0.594 bits per heavy atom. The fourth-order valence-electron chi connectivity index (χ4n) is 3.43. The van der Waals surface area contributed by atoms with Crippen molar-refractivity contribution < 1.29 is 24.4 Å². The van der Waals surface area contributed by atoms with Crippen LogP contribution in [0, 0.1) is 0 Å². The summed E-state index contributed by atoms with van der Waals surface area (Å²) < 4.78 is 17.9. The third-order valence-corrected chi connectivity index (χ3v) is 5.15. The lowest BCUT2D eigenvalue weighted by atomic mass is 10.0. The molecule has 0 saturated heterocycles. The van der Waals surface area contributed by atoms with Crippen molar-refractivity contribution in [1.29, 1.82) is 0 Å². The molecule has 0 radical (unpaired) electrons. The summed E-state index contributed by atoms with van der Waals surface area (Å²) in [7, 11) is 0. The van der Waals surface area contributed by atoms with Crippen LogP contribution in [0.1, 0.15) is 23.6 Å². The van der Waals surface area contributed by atoms with Crippen LogP contribution >= 0.6 is 0 Å². The summed E-state index contributed by atoms with van der Waals surface area (Å²) in [5.41, 5.74) is 2.98. The van der Waals surface area contributed by atoms with E-state index in [2.05, 4.69) is 0 Å². The quantitative estimate of drug-likeness (QED) is 0.422. The lowest BCUT2D eigenvalue weighted by molar-refractivity contribution is -0.173. The van der Waals surface area contributed by atoms with Gasteiger partial charge in [0.15, 0.2) is 0 Å². The fourth-order valence-corrected chi connectivity index (χ4v) is 3.43. The SMILES string of the molecule is C[C@H](O)[C@@H](OCc1ccccc1)[C@H](OCc1ccccc1)[C@H](O)COCc1ccccc1. The van der Waals surface area contributed by atoms with Crippen molar-refractivity contribution in [2.45, 2.75) is 51.2 Å². The van der Waals surface area contributed by atoms with Gasteiger partial charge in [-0.25, -0.2) is 0 Å². The second-order valence-corrected chi connectivity index (χ2v) is 7.83. The number of hydrogen-bond acceptors (Lipinski definition) is 5. The third-order valence-electron chi connectivity index (χ3n) is 5.15. The summed E-state index contributed by atoms with van der Waals surface area (Å²) in [6.07, 6.45) is -3.31. The van der Waals surface area contributed by atoms with Crippen molar-refractivity contribution in [1.82, 2.24) is 0 Å². The van der Waals surface area contributed by atoms with E-state index in [4.69, 9.17) is 14.2 Å². The van der Waals surface area contributed by atoms with Crippen LogP contribution < -0.4 is 0 Å². The predicted octanol–water partition coefficient (Wildman–Crippen LogP) is 4.12. The second-order valence-electron chi connectivity index (χ2n) is 7.83. The molecule has 0 aliphatic heterocycles. The Bertz CT molecular complexity index is 870. The largest absolute Gasteiger partial charge is 0.391 e. The number of rotatable bonds is 13. The van der Waals surface area contributed by atoms with E-state index in [1.807, 2.05) is 91.0 Å². The molecule has 32 heavy (non-hydrogen) atoms. The molecule has 0 aliphatic carbocycles. The van der Waals surface area contributed by atoms with Crippen LogP contribution in [-0.4, -0.2) is 41.2 Å². The number of ether oxygens (including phenoxy) is 3. The molecule has 0 spiro atoms. The van der Waals surface area contributed by atoms with Gasteiger partial charge in [0.2, 0.25) is 0 Å². The van der Waals surface area contributed by atoms with Crippen molar-refractivity contribution in [3.63, 3.8) is 0 Å². The van der Waals surface area contributed by atoms with E-state index >= 15 is 0 Å². The number of benzene rings is 3. The van der Waals surface area contributed by atoms with Crippen molar-refractivity contribution in [2.75, 3.05) is 6.61 Å². The van der Waals surface area contributed by atoms with Crippen LogP contribution in [-0.2, 0) is 34.0 Å². The first kappa shape index (κ1) is 24.1. The highest BCUT2D eigenvalue weighted by Gasteiger charge is 2.34. The molecule has 3 aromatic carbocycles. The minimum atomic E-state index is -0.974. The average Bonchev–Trinajstić information content (AvgIpc) is 2.83. The van der Waals surface area contributed by atoms with Gasteiger partial charge < -0.3 is 24.4 Å². The highest BCUT2D eigenvalue weighted by Crippen LogP contribution is 2.18. The lowest BCUT2D eigenvalue weighted by Crippen LogP contribution is -2.48. The zero-order valence-corrected chi connectivity index (χ0v) is 18.4. The Balaban J connectivity index is 1.66. The maximum atomic E-state index is 10.9. The maximum absolute atomic E-state index is 10.9. The molecule has 0 fully saturated rings. The van der Waals surface area contributed by atoms with Gasteiger partial charge in [-0.3, -0.25) is 0 Å². The normalized spacial score (nSPS) is 15.1. The van der Waals surface area contributed by atoms with Crippen LogP contribution in [0.3, 0.4) is 0 Å². The zero-order valence-electron chi connectivity index (χ0n) is 18.4. The van der Waals surface area contributed by atoms with Crippen molar-refractivity contribution in [3.05, 3.63) is 108 Å². The van der Waals surface area contributed by atoms with Gasteiger partial charge in [-0.2, -0.15) is 0 Å². The summed E-state index contributed by atoms with van der Waals surface area (Å²) in [5, 5.41) is 21.4. The van der Waals surface area contributed by atoms with Gasteiger partial charge in [0.25, 0.3) is 0 Å². The van der Waals surface area contributed by atoms with Crippen LogP contribution in [0.2, 0.25) is 0 Å². The molecule has 4 atom stereocenters. The number of aliphatic hydroxyl groups is 2. The molecule has 0 aromatic heterocycles. The van der Waals surface area contributed by atoms with E-state index in [0.717, 1.165) is 16.7 Å². The number of hydrogen-bond donors (Lipinski definition) is 2. The lowest BCUT2D eigenvalue weighted by Gasteiger charge is -2.33. The van der Waals surface area contributed by atoms with Crippen LogP contribution in [0.4, 0.5) is 0 Å². The number of aliphatic hydroxyl groups excluding tert-OH is 2. The van der Waals surface area contributed by atoms with Crippen LogP contribution in [0.25, 0.3) is 0 Å². The first-order valence-electron chi connectivity index (χ1n) is 10.9. The van der Waals surface area contributed by atoms with Crippen molar-refractivity contribution >= 4 is 0 Å². The predicted molar refractivity (Wildman–Crippen MR) is 124 cm³/mol. The first-order valence-corrected chi connectivity index (χ1v) is 10.9. The summed E-state index contributed by atoms with van der Waals surface area (Å²) in [5.74, 6) is 0. The summed E-state index contributed by atoms with van der Waals surface area (Å²) >= 11 is 0. The Morgan fingerprint density at radius 2 is 1.00 bits per heavy atom. The molecular formula is C27H32O5. The molecule has 3 aromatic rings. The van der Waals surface area contributed by atoms with Gasteiger partial charge in [0, 0.05) is 0 Å². The molecule has 2 N–H and O–H groups in total. The van der Waals surface area contributed by atoms with Crippen LogP contribution in [0.15, 0.2) is 91.0 Å². The molecule has 170 valence electrons. The fraction of sp³-hybridized carbons (Fsp3) is 0.333. The summed E-state index contributed by atoms with van der Waals surface area (Å²) in [6, 6.07) is 29.2. The molecule has 0 heterocycles. The van der Waals surface area contributed by atoms with E-state index < -0.39 is 24.4 Å². The first-order chi connectivity index (χ1) is 15.6. The van der Waals surface area contributed by atoms with Gasteiger partial charge in [-0.15, -0.1) is 0 Å². The van der Waals surface area contributed by atoms with E-state index in [1.54, 1.807) is 6.92 Å². The topological polar surface area (TPSA) is 68.2 Å². The molecule has 5 heteroatoms. The monoisotopic (exact) mass is 436 g/mol. The molecule has 3 rings (SSSR count). The van der Waals surface area contributed by atoms with Crippen LogP contribution in [0.5, 0.6) is 0 Å². The minimum absolute atomic E-state index is 0.0618. The van der Waals surface area contributed by atoms with Gasteiger partial charge in [0.05, 0.1) is 32.5 Å². The van der Waals surface area contributed by atoms with Crippen molar-refractivity contribution in [3.8, 4) is 0 Å². The smallest absolute Gasteiger partial charge is 0.115 e.